The number of ether oxygens (including phenoxy) is 4. The van der Waals surface area contributed by atoms with Crippen LogP contribution < -0.4 is 9.47 Å². The van der Waals surface area contributed by atoms with E-state index < -0.39 is 23.8 Å². The Morgan fingerprint density at radius 2 is 1.87 bits per heavy atom. The molecule has 0 radical (unpaired) electrons. The molecule has 54 heavy (non-hydrogen) atoms. The van der Waals surface area contributed by atoms with Gasteiger partial charge in [0.1, 0.15) is 42.8 Å². The smallest absolute Gasteiger partial charge is 0.410 e. The molecule has 1 aliphatic heterocycles. The summed E-state index contributed by atoms with van der Waals surface area (Å²) in [6, 6.07) is 12.1. The molecular weight excluding hydrogens is 712 g/mol. The van der Waals surface area contributed by atoms with Crippen molar-refractivity contribution in [2.24, 2.45) is 22.9 Å². The van der Waals surface area contributed by atoms with Crippen LogP contribution in [0.3, 0.4) is 0 Å². The molecule has 2 aliphatic carbocycles. The van der Waals surface area contributed by atoms with Crippen LogP contribution in [0.2, 0.25) is 0 Å². The highest BCUT2D eigenvalue weighted by atomic mass is 35.5. The third-order valence-electron chi connectivity index (χ3n) is 10.6. The van der Waals surface area contributed by atoms with Crippen LogP contribution in [0.4, 0.5) is 4.79 Å². The molecule has 2 aromatic carbocycles. The van der Waals surface area contributed by atoms with E-state index in [1.807, 2.05) is 32.0 Å². The van der Waals surface area contributed by atoms with Gasteiger partial charge in [-0.3, -0.25) is 9.69 Å². The molecule has 1 saturated carbocycles. The molecule has 3 aliphatic rings. The number of carbonyl (C=O) groups excluding carboxylic acids is 2. The molecule has 0 spiro atoms. The normalized spacial score (nSPS) is 24.7. The van der Waals surface area contributed by atoms with Crippen molar-refractivity contribution in [3.63, 3.8) is 0 Å². The Labute approximate surface area is 323 Å². The molecule has 5 rings (SSSR count). The standard InChI is InChI=1S/C42H55ClN2O9/c1-4-19-45(41(49)50-23-18-43)38-27-36(44-52-6-3)34-25-30(13-7-9-20-46)33(15-8-10-21-47)39-35-26-32(53-31-14-11-12-29(24-31)28-48)16-17-37(35)54-42(38,40(34)39)51-22-5-2/h5,11-12,14,16-17,24-26,28,30,33,38-40,46-47H,2,4,6-10,13,15,18-23,27H2,1,3H3. The van der Waals surface area contributed by atoms with Crippen molar-refractivity contribution in [1.82, 2.24) is 4.90 Å². The van der Waals surface area contributed by atoms with Crippen LogP contribution in [0, 0.1) is 17.8 Å². The topological polar surface area (TPSA) is 136 Å². The van der Waals surface area contributed by atoms with Gasteiger partial charge in [0.25, 0.3) is 0 Å². The maximum absolute atomic E-state index is 13.9. The maximum atomic E-state index is 13.9. The number of nitrogens with zero attached hydrogens (tertiary/aromatic N) is 2. The van der Waals surface area contributed by atoms with Crippen molar-refractivity contribution in [2.75, 3.05) is 45.5 Å². The van der Waals surface area contributed by atoms with Crippen LogP contribution in [0.5, 0.6) is 17.2 Å². The first-order valence-corrected chi connectivity index (χ1v) is 19.9. The molecule has 0 bridgehead atoms. The zero-order valence-corrected chi connectivity index (χ0v) is 32.3. The van der Waals surface area contributed by atoms with E-state index in [0.29, 0.717) is 60.9 Å². The van der Waals surface area contributed by atoms with Gasteiger partial charge in [-0.05, 0) is 86.8 Å². The number of oxime groups is 1. The number of benzene rings is 2. The number of amides is 1. The Hall–Kier alpha value is -3.90. The highest BCUT2D eigenvalue weighted by Crippen LogP contribution is 2.62. The Bertz CT molecular complexity index is 1630. The molecule has 0 saturated heterocycles. The molecule has 1 fully saturated rings. The molecule has 11 nitrogen and oxygen atoms in total. The Morgan fingerprint density at radius 3 is 2.57 bits per heavy atom. The summed E-state index contributed by atoms with van der Waals surface area (Å²) in [5.74, 6) is -0.0293. The molecule has 12 heteroatoms. The van der Waals surface area contributed by atoms with E-state index in [1.54, 1.807) is 35.2 Å². The molecular formula is C42H55ClN2O9. The van der Waals surface area contributed by atoms with Crippen molar-refractivity contribution in [3.8, 4) is 17.2 Å². The van der Waals surface area contributed by atoms with Crippen molar-refractivity contribution in [3.05, 3.63) is 77.9 Å². The van der Waals surface area contributed by atoms with Crippen LogP contribution in [0.1, 0.15) is 87.1 Å². The van der Waals surface area contributed by atoms with Gasteiger partial charge in [0.2, 0.25) is 5.79 Å². The monoisotopic (exact) mass is 766 g/mol. The van der Waals surface area contributed by atoms with Gasteiger partial charge < -0.3 is 34.0 Å². The van der Waals surface area contributed by atoms with E-state index in [1.165, 1.54) is 0 Å². The predicted octanol–water partition coefficient (Wildman–Crippen LogP) is 8.03. The third-order valence-corrected chi connectivity index (χ3v) is 10.7. The second-order valence-electron chi connectivity index (χ2n) is 14.0. The number of alkyl halides is 1. The fourth-order valence-corrected chi connectivity index (χ4v) is 8.54. The summed E-state index contributed by atoms with van der Waals surface area (Å²) >= 11 is 5.97. The SMILES string of the molecule is C=CCOC12Oc3ccc(Oc4cccc(C=O)c4)cc3C3C(CCCCO)C(CCCCO)C=C(C(=NOCC)CC1N(CCC)C(=O)OCCCl)C32. The van der Waals surface area contributed by atoms with Gasteiger partial charge in [0.05, 0.1) is 24.1 Å². The van der Waals surface area contributed by atoms with Gasteiger partial charge in [0, 0.05) is 43.2 Å². The van der Waals surface area contributed by atoms with Crippen LogP contribution in [-0.2, 0) is 14.3 Å². The second-order valence-corrected chi connectivity index (χ2v) is 14.4. The first-order chi connectivity index (χ1) is 26.4. The molecule has 1 heterocycles. The molecule has 2 aromatic rings. The molecule has 2 N–H and O–H groups in total. The number of hydrogen-bond donors (Lipinski definition) is 2. The lowest BCUT2D eigenvalue weighted by Crippen LogP contribution is -2.70. The summed E-state index contributed by atoms with van der Waals surface area (Å²) in [6.45, 7) is 8.99. The quantitative estimate of drug-likeness (QED) is 0.0426. The summed E-state index contributed by atoms with van der Waals surface area (Å²) in [4.78, 5) is 33.0. The van der Waals surface area contributed by atoms with Gasteiger partial charge in [-0.2, -0.15) is 0 Å². The Kier molecular flexibility index (Phi) is 15.4. The average molecular weight is 767 g/mol. The van der Waals surface area contributed by atoms with Gasteiger partial charge in [0.15, 0.2) is 0 Å². The number of hydrogen-bond acceptors (Lipinski definition) is 10. The summed E-state index contributed by atoms with van der Waals surface area (Å²) < 4.78 is 26.2. The highest BCUT2D eigenvalue weighted by molar-refractivity contribution is 6.18. The number of aldehydes is 1. The van der Waals surface area contributed by atoms with Crippen LogP contribution in [0.25, 0.3) is 0 Å². The fraction of sp³-hybridized carbons (Fsp3) is 0.548. The molecule has 6 atom stereocenters. The highest BCUT2D eigenvalue weighted by Gasteiger charge is 2.65. The van der Waals surface area contributed by atoms with Crippen LogP contribution in [-0.4, -0.2) is 90.5 Å². The summed E-state index contributed by atoms with van der Waals surface area (Å²) in [6.07, 6.45) is 9.79. The lowest BCUT2D eigenvalue weighted by atomic mass is 9.55. The minimum Gasteiger partial charge on any atom is -0.459 e. The average Bonchev–Trinajstić information content (AvgIpc) is 3.19. The number of unbranched alkanes of at least 4 members (excludes halogenated alkanes) is 2. The van der Waals surface area contributed by atoms with E-state index in [0.717, 1.165) is 43.1 Å². The van der Waals surface area contributed by atoms with Gasteiger partial charge >= 0.3 is 6.09 Å². The molecule has 0 aromatic heterocycles. The van der Waals surface area contributed by atoms with E-state index >= 15 is 0 Å². The van der Waals surface area contributed by atoms with E-state index in [9.17, 15) is 19.8 Å². The van der Waals surface area contributed by atoms with E-state index in [2.05, 4.69) is 12.7 Å². The van der Waals surface area contributed by atoms with Crippen LogP contribution in [0.15, 0.2) is 71.9 Å². The largest absolute Gasteiger partial charge is 0.459 e. The maximum Gasteiger partial charge on any atom is 0.410 e. The Morgan fingerprint density at radius 1 is 1.09 bits per heavy atom. The second kappa shape index (κ2) is 20.1. The minimum absolute atomic E-state index is 0.0512. The molecule has 6 unspecified atom stereocenters. The van der Waals surface area contributed by atoms with Crippen molar-refractivity contribution >= 4 is 29.7 Å². The summed E-state index contributed by atoms with van der Waals surface area (Å²) in [7, 11) is 0. The molecule has 294 valence electrons. The lowest BCUT2D eigenvalue weighted by Gasteiger charge is -2.59. The number of rotatable bonds is 21. The molecule has 1 amide bonds. The number of aliphatic hydroxyl groups is 2. The van der Waals surface area contributed by atoms with Crippen molar-refractivity contribution in [1.29, 1.82) is 0 Å². The fourth-order valence-electron chi connectivity index (χ4n) is 8.47. The Balaban J connectivity index is 1.77. The number of allylic oxidation sites excluding steroid dienone is 1. The number of aliphatic hydroxyl groups excluding tert-OH is 2. The van der Waals surface area contributed by atoms with Crippen molar-refractivity contribution in [2.45, 2.75) is 83.0 Å². The van der Waals surface area contributed by atoms with E-state index in [4.69, 9.17) is 40.5 Å². The predicted molar refractivity (Wildman–Crippen MR) is 208 cm³/mol. The number of fused-ring (bicyclic) bond motifs is 2. The number of halogens is 1. The minimum atomic E-state index is -1.38. The van der Waals surface area contributed by atoms with Gasteiger partial charge in [-0.1, -0.05) is 49.2 Å². The van der Waals surface area contributed by atoms with E-state index in [-0.39, 0.29) is 56.5 Å². The van der Waals surface area contributed by atoms with Gasteiger partial charge in [-0.25, -0.2) is 4.79 Å². The zero-order chi connectivity index (χ0) is 38.5. The zero-order valence-electron chi connectivity index (χ0n) is 31.5. The van der Waals surface area contributed by atoms with Crippen LogP contribution >= 0.6 is 11.6 Å². The van der Waals surface area contributed by atoms with Crippen molar-refractivity contribution < 1.29 is 43.6 Å². The lowest BCUT2D eigenvalue weighted by molar-refractivity contribution is -0.255. The van der Waals surface area contributed by atoms with Gasteiger partial charge in [-0.15, -0.1) is 18.2 Å². The first-order valence-electron chi connectivity index (χ1n) is 19.3. The third kappa shape index (κ3) is 9.13. The summed E-state index contributed by atoms with van der Waals surface area (Å²) in [5.41, 5.74) is 3.09. The summed E-state index contributed by atoms with van der Waals surface area (Å²) in [5, 5.41) is 24.3. The first kappa shape index (κ1) is 41.3. The number of carbonyl (C=O) groups is 2.